The zero-order chi connectivity index (χ0) is 15.4. The van der Waals surface area contributed by atoms with Crippen LogP contribution in [-0.4, -0.2) is 33.9 Å². The molecule has 1 N–H and O–H groups in total. The van der Waals surface area contributed by atoms with E-state index in [9.17, 15) is 9.59 Å². The van der Waals surface area contributed by atoms with Crippen LogP contribution in [-0.2, 0) is 17.8 Å². The third-order valence-corrected chi connectivity index (χ3v) is 3.89. The highest BCUT2D eigenvalue weighted by Gasteiger charge is 2.17. The third-order valence-electron chi connectivity index (χ3n) is 3.05. The van der Waals surface area contributed by atoms with Gasteiger partial charge in [-0.3, -0.25) is 4.79 Å². The highest BCUT2D eigenvalue weighted by atomic mass is 32.1. The maximum Gasteiger partial charge on any atom is 0.339 e. The number of rotatable bonds is 6. The van der Waals surface area contributed by atoms with E-state index in [1.54, 1.807) is 20.2 Å². The average molecular weight is 308 g/mol. The number of hydrogen-bond acceptors (Lipinski definition) is 5. The molecule has 0 radical (unpaired) electrons. The fourth-order valence-corrected chi connectivity index (χ4v) is 2.56. The van der Waals surface area contributed by atoms with Crippen molar-refractivity contribution in [2.75, 3.05) is 7.05 Å². The van der Waals surface area contributed by atoms with Crippen molar-refractivity contribution in [2.45, 2.75) is 26.3 Å². The van der Waals surface area contributed by atoms with Crippen molar-refractivity contribution in [2.24, 2.45) is 0 Å². The predicted molar refractivity (Wildman–Crippen MR) is 77.3 cm³/mol. The normalized spacial score (nSPS) is 10.6. The summed E-state index contributed by atoms with van der Waals surface area (Å²) in [6.07, 6.45) is 2.70. The molecule has 7 heteroatoms. The summed E-state index contributed by atoms with van der Waals surface area (Å²) >= 11 is 1.52. The Labute approximate surface area is 126 Å². The molecular weight excluding hydrogens is 292 g/mol. The minimum absolute atomic E-state index is 0.0314. The lowest BCUT2D eigenvalue weighted by Crippen LogP contribution is -2.26. The number of thiazole rings is 1. The number of aromatic nitrogens is 1. The first kappa shape index (κ1) is 15.2. The SMILES string of the molecule is Cc1oc(CN(C)C(=O)CCc2nccs2)cc1C(=O)O. The van der Waals surface area contributed by atoms with Crippen LogP contribution in [0, 0.1) is 6.92 Å². The zero-order valence-electron chi connectivity index (χ0n) is 11.8. The largest absolute Gasteiger partial charge is 0.478 e. The van der Waals surface area contributed by atoms with Gasteiger partial charge in [0.2, 0.25) is 5.91 Å². The molecule has 112 valence electrons. The lowest BCUT2D eigenvalue weighted by Gasteiger charge is -2.15. The van der Waals surface area contributed by atoms with Crippen LogP contribution in [0.1, 0.15) is 33.3 Å². The van der Waals surface area contributed by atoms with E-state index in [0.29, 0.717) is 24.4 Å². The lowest BCUT2D eigenvalue weighted by molar-refractivity contribution is -0.130. The molecule has 2 aromatic heterocycles. The Hall–Kier alpha value is -2.15. The van der Waals surface area contributed by atoms with Crippen molar-refractivity contribution in [3.8, 4) is 0 Å². The highest BCUT2D eigenvalue weighted by molar-refractivity contribution is 7.09. The monoisotopic (exact) mass is 308 g/mol. The molecule has 2 rings (SSSR count). The molecule has 0 aliphatic rings. The van der Waals surface area contributed by atoms with Gasteiger partial charge in [-0.1, -0.05) is 0 Å². The van der Waals surface area contributed by atoms with Crippen LogP contribution in [0.4, 0.5) is 0 Å². The number of carbonyl (C=O) groups excluding carboxylic acids is 1. The Morgan fingerprint density at radius 2 is 2.24 bits per heavy atom. The van der Waals surface area contributed by atoms with Crippen molar-refractivity contribution in [3.63, 3.8) is 0 Å². The Balaban J connectivity index is 1.91. The third kappa shape index (κ3) is 3.91. The second kappa shape index (κ2) is 6.53. The van der Waals surface area contributed by atoms with Crippen LogP contribution in [0.5, 0.6) is 0 Å². The van der Waals surface area contributed by atoms with Gasteiger partial charge in [-0.15, -0.1) is 11.3 Å². The molecule has 0 aliphatic carbocycles. The molecule has 0 saturated heterocycles. The standard InChI is InChI=1S/C14H16N2O4S/c1-9-11(14(18)19)7-10(20-9)8-16(2)13(17)4-3-12-15-5-6-21-12/h5-7H,3-4,8H2,1-2H3,(H,18,19). The minimum Gasteiger partial charge on any atom is -0.478 e. The summed E-state index contributed by atoms with van der Waals surface area (Å²) in [6, 6.07) is 1.46. The number of aromatic carboxylic acids is 1. The van der Waals surface area contributed by atoms with E-state index in [-0.39, 0.29) is 18.0 Å². The number of aryl methyl sites for hydroxylation is 2. The van der Waals surface area contributed by atoms with Gasteiger partial charge in [0.05, 0.1) is 11.6 Å². The first-order chi connectivity index (χ1) is 9.97. The maximum atomic E-state index is 12.0. The smallest absolute Gasteiger partial charge is 0.339 e. The van der Waals surface area contributed by atoms with Crippen LogP contribution in [0.25, 0.3) is 0 Å². The highest BCUT2D eigenvalue weighted by Crippen LogP contribution is 2.16. The first-order valence-electron chi connectivity index (χ1n) is 6.42. The van der Waals surface area contributed by atoms with E-state index in [1.165, 1.54) is 22.3 Å². The molecule has 21 heavy (non-hydrogen) atoms. The summed E-state index contributed by atoms with van der Waals surface area (Å²) in [5.74, 6) is -0.243. The molecular formula is C14H16N2O4S. The summed E-state index contributed by atoms with van der Waals surface area (Å²) in [7, 11) is 1.67. The Morgan fingerprint density at radius 1 is 1.48 bits per heavy atom. The van der Waals surface area contributed by atoms with Crippen molar-refractivity contribution >= 4 is 23.2 Å². The molecule has 0 aromatic carbocycles. The molecule has 0 atom stereocenters. The first-order valence-corrected chi connectivity index (χ1v) is 7.30. The van der Waals surface area contributed by atoms with Crippen LogP contribution >= 0.6 is 11.3 Å². The van der Waals surface area contributed by atoms with E-state index in [1.807, 2.05) is 5.38 Å². The number of carboxylic acid groups (broad SMARTS) is 1. The number of amides is 1. The quantitative estimate of drug-likeness (QED) is 0.885. The molecule has 0 saturated carbocycles. The van der Waals surface area contributed by atoms with E-state index >= 15 is 0 Å². The van der Waals surface area contributed by atoms with Gasteiger partial charge in [-0.05, 0) is 13.0 Å². The van der Waals surface area contributed by atoms with Gasteiger partial charge < -0.3 is 14.4 Å². The van der Waals surface area contributed by atoms with Gasteiger partial charge in [0, 0.05) is 31.5 Å². The van der Waals surface area contributed by atoms with Gasteiger partial charge in [0.15, 0.2) is 0 Å². The molecule has 6 nitrogen and oxygen atoms in total. The molecule has 0 aliphatic heterocycles. The molecule has 0 bridgehead atoms. The summed E-state index contributed by atoms with van der Waals surface area (Å²) in [5.41, 5.74) is 0.133. The topological polar surface area (TPSA) is 83.6 Å². The average Bonchev–Trinajstić information content (AvgIpc) is 3.05. The second-order valence-electron chi connectivity index (χ2n) is 4.66. The van der Waals surface area contributed by atoms with E-state index in [0.717, 1.165) is 5.01 Å². The Bertz CT molecular complexity index is 633. The van der Waals surface area contributed by atoms with Gasteiger partial charge in [-0.2, -0.15) is 0 Å². The fourth-order valence-electron chi connectivity index (χ4n) is 1.94. The number of nitrogens with zero attached hydrogens (tertiary/aromatic N) is 2. The molecule has 0 fully saturated rings. The summed E-state index contributed by atoms with van der Waals surface area (Å²) < 4.78 is 5.36. The zero-order valence-corrected chi connectivity index (χ0v) is 12.6. The molecule has 1 amide bonds. The second-order valence-corrected chi connectivity index (χ2v) is 5.64. The lowest BCUT2D eigenvalue weighted by atomic mass is 10.2. The predicted octanol–water partition coefficient (Wildman–Crippen LogP) is 2.33. The van der Waals surface area contributed by atoms with Crippen molar-refractivity contribution < 1.29 is 19.1 Å². The number of furan rings is 1. The van der Waals surface area contributed by atoms with Gasteiger partial charge in [0.1, 0.15) is 17.1 Å². The summed E-state index contributed by atoms with van der Waals surface area (Å²) in [6.45, 7) is 1.85. The van der Waals surface area contributed by atoms with Crippen LogP contribution in [0.3, 0.4) is 0 Å². The van der Waals surface area contributed by atoms with E-state index < -0.39 is 5.97 Å². The van der Waals surface area contributed by atoms with E-state index in [4.69, 9.17) is 9.52 Å². The fraction of sp³-hybridized carbons (Fsp3) is 0.357. The molecule has 2 heterocycles. The van der Waals surface area contributed by atoms with E-state index in [2.05, 4.69) is 4.98 Å². The van der Waals surface area contributed by atoms with Crippen LogP contribution < -0.4 is 0 Å². The number of carbonyl (C=O) groups is 2. The number of carboxylic acids is 1. The molecule has 0 unspecified atom stereocenters. The van der Waals surface area contributed by atoms with Crippen molar-refractivity contribution in [1.29, 1.82) is 0 Å². The van der Waals surface area contributed by atoms with Gasteiger partial charge in [0.25, 0.3) is 0 Å². The summed E-state index contributed by atoms with van der Waals surface area (Å²) in [5, 5.41) is 11.8. The minimum atomic E-state index is -1.03. The van der Waals surface area contributed by atoms with Crippen molar-refractivity contribution in [1.82, 2.24) is 9.88 Å². The van der Waals surface area contributed by atoms with Gasteiger partial charge in [-0.25, -0.2) is 9.78 Å². The Morgan fingerprint density at radius 3 is 2.81 bits per heavy atom. The van der Waals surface area contributed by atoms with Gasteiger partial charge >= 0.3 is 5.97 Å². The summed E-state index contributed by atoms with van der Waals surface area (Å²) in [4.78, 5) is 28.6. The molecule has 2 aromatic rings. The van der Waals surface area contributed by atoms with Crippen LogP contribution in [0.2, 0.25) is 0 Å². The van der Waals surface area contributed by atoms with Crippen LogP contribution in [0.15, 0.2) is 22.1 Å². The Kier molecular flexibility index (Phi) is 4.74. The number of hydrogen-bond donors (Lipinski definition) is 1. The maximum absolute atomic E-state index is 12.0. The van der Waals surface area contributed by atoms with Crippen molar-refractivity contribution in [3.05, 3.63) is 39.7 Å². The molecule has 0 spiro atoms.